The zero-order chi connectivity index (χ0) is 16.7. The third kappa shape index (κ3) is 2.47. The highest BCUT2D eigenvalue weighted by molar-refractivity contribution is 6.09. The van der Waals surface area contributed by atoms with Gasteiger partial charge in [0.05, 0.1) is 5.52 Å². The van der Waals surface area contributed by atoms with Gasteiger partial charge in [0.2, 0.25) is 0 Å². The second-order valence-electron chi connectivity index (χ2n) is 7.41. The van der Waals surface area contributed by atoms with E-state index < -0.39 is 0 Å². The van der Waals surface area contributed by atoms with Crippen molar-refractivity contribution < 1.29 is 0 Å². The molecule has 0 aliphatic rings. The second kappa shape index (κ2) is 6.03. The summed E-state index contributed by atoms with van der Waals surface area (Å²) >= 11 is 0. The molecule has 122 valence electrons. The molecule has 0 aliphatic heterocycles. The Hall–Kier alpha value is -1.76. The third-order valence-corrected chi connectivity index (χ3v) is 5.18. The molecule has 0 N–H and O–H groups in total. The van der Waals surface area contributed by atoms with Crippen LogP contribution in [0.25, 0.3) is 21.8 Å². The van der Waals surface area contributed by atoms with Crippen molar-refractivity contribution in [1.29, 1.82) is 0 Å². The first kappa shape index (κ1) is 16.1. The van der Waals surface area contributed by atoms with Gasteiger partial charge in [0.15, 0.2) is 0 Å². The first-order chi connectivity index (χ1) is 11.0. The van der Waals surface area contributed by atoms with E-state index in [-0.39, 0.29) is 0 Å². The minimum absolute atomic E-state index is 0.460. The van der Waals surface area contributed by atoms with Gasteiger partial charge in [0, 0.05) is 22.3 Å². The Kier molecular flexibility index (Phi) is 4.23. The standard InChI is InChI=1S/C22H29N/c1-7-16(6)17-12-13-19-18-10-8-9-11-20(18)23(15(4)5)22(19)21(17)14(2)3/h8-16H,7H2,1-6H3. The zero-order valence-corrected chi connectivity index (χ0v) is 15.4. The molecule has 0 saturated heterocycles. The van der Waals surface area contributed by atoms with Crippen LogP contribution in [-0.2, 0) is 0 Å². The largest absolute Gasteiger partial charge is 0.338 e. The van der Waals surface area contributed by atoms with Crippen molar-refractivity contribution in [2.75, 3.05) is 0 Å². The quantitative estimate of drug-likeness (QED) is 0.488. The summed E-state index contributed by atoms with van der Waals surface area (Å²) in [7, 11) is 0. The highest BCUT2D eigenvalue weighted by atomic mass is 15.0. The van der Waals surface area contributed by atoms with Gasteiger partial charge in [-0.25, -0.2) is 0 Å². The Labute approximate surface area is 140 Å². The van der Waals surface area contributed by atoms with E-state index in [1.807, 2.05) is 0 Å². The maximum atomic E-state index is 2.55. The minimum atomic E-state index is 0.460. The van der Waals surface area contributed by atoms with Crippen LogP contribution >= 0.6 is 0 Å². The Morgan fingerprint density at radius 3 is 2.17 bits per heavy atom. The van der Waals surface area contributed by atoms with Gasteiger partial charge in [-0.2, -0.15) is 0 Å². The van der Waals surface area contributed by atoms with E-state index in [4.69, 9.17) is 0 Å². The topological polar surface area (TPSA) is 4.93 Å². The lowest BCUT2D eigenvalue weighted by Gasteiger charge is -2.22. The number of aromatic nitrogens is 1. The first-order valence-corrected chi connectivity index (χ1v) is 9.02. The van der Waals surface area contributed by atoms with Gasteiger partial charge in [-0.15, -0.1) is 0 Å². The molecular weight excluding hydrogens is 278 g/mol. The Morgan fingerprint density at radius 2 is 1.57 bits per heavy atom. The number of fused-ring (bicyclic) bond motifs is 3. The molecule has 1 unspecified atom stereocenters. The maximum absolute atomic E-state index is 2.55. The van der Waals surface area contributed by atoms with E-state index in [0.29, 0.717) is 17.9 Å². The minimum Gasteiger partial charge on any atom is -0.338 e. The number of para-hydroxylation sites is 1. The number of nitrogens with zero attached hydrogens (tertiary/aromatic N) is 1. The third-order valence-electron chi connectivity index (χ3n) is 5.18. The number of benzene rings is 2. The fourth-order valence-electron chi connectivity index (χ4n) is 3.93. The summed E-state index contributed by atoms with van der Waals surface area (Å²) in [5, 5.41) is 2.79. The molecule has 0 saturated carbocycles. The molecule has 1 heterocycles. The van der Waals surface area contributed by atoms with E-state index in [1.165, 1.54) is 33.8 Å². The molecule has 3 aromatic rings. The van der Waals surface area contributed by atoms with Crippen molar-refractivity contribution in [3.05, 3.63) is 47.5 Å². The highest BCUT2D eigenvalue weighted by Crippen LogP contribution is 2.40. The molecule has 0 aliphatic carbocycles. The van der Waals surface area contributed by atoms with Gasteiger partial charge >= 0.3 is 0 Å². The van der Waals surface area contributed by atoms with Gasteiger partial charge in [0.1, 0.15) is 0 Å². The summed E-state index contributed by atoms with van der Waals surface area (Å²) in [5.41, 5.74) is 5.89. The number of hydrogen-bond donors (Lipinski definition) is 0. The summed E-state index contributed by atoms with van der Waals surface area (Å²) < 4.78 is 2.55. The highest BCUT2D eigenvalue weighted by Gasteiger charge is 2.21. The van der Waals surface area contributed by atoms with E-state index in [0.717, 1.165) is 0 Å². The van der Waals surface area contributed by atoms with Gasteiger partial charge in [0.25, 0.3) is 0 Å². The Morgan fingerprint density at radius 1 is 0.870 bits per heavy atom. The average Bonchev–Trinajstić information content (AvgIpc) is 2.87. The Balaban J connectivity index is 2.53. The normalized spacial score (nSPS) is 13.6. The van der Waals surface area contributed by atoms with Gasteiger partial charge in [-0.1, -0.05) is 58.0 Å². The molecule has 2 aromatic carbocycles. The van der Waals surface area contributed by atoms with Crippen molar-refractivity contribution in [2.24, 2.45) is 0 Å². The Bertz CT molecular complexity index is 836. The summed E-state index contributed by atoms with van der Waals surface area (Å²) in [6.45, 7) is 13.9. The molecule has 0 radical (unpaired) electrons. The second-order valence-corrected chi connectivity index (χ2v) is 7.41. The van der Waals surface area contributed by atoms with Crippen molar-refractivity contribution in [2.45, 2.75) is 65.8 Å². The fourth-order valence-corrected chi connectivity index (χ4v) is 3.93. The van der Waals surface area contributed by atoms with Gasteiger partial charge in [-0.05, 0) is 49.3 Å². The maximum Gasteiger partial charge on any atom is 0.0531 e. The molecule has 1 aromatic heterocycles. The van der Waals surface area contributed by atoms with Crippen molar-refractivity contribution in [3.8, 4) is 0 Å². The number of rotatable bonds is 4. The average molecular weight is 307 g/mol. The van der Waals surface area contributed by atoms with Crippen LogP contribution in [0.3, 0.4) is 0 Å². The lowest BCUT2D eigenvalue weighted by atomic mass is 9.86. The van der Waals surface area contributed by atoms with Gasteiger partial charge in [-0.3, -0.25) is 0 Å². The predicted molar refractivity (Wildman–Crippen MR) is 103 cm³/mol. The van der Waals surface area contributed by atoms with E-state index in [2.05, 4.69) is 82.5 Å². The summed E-state index contributed by atoms with van der Waals surface area (Å²) in [4.78, 5) is 0. The van der Waals surface area contributed by atoms with Crippen LogP contribution in [0.15, 0.2) is 36.4 Å². The van der Waals surface area contributed by atoms with E-state index in [1.54, 1.807) is 5.56 Å². The fraction of sp³-hybridized carbons (Fsp3) is 0.455. The van der Waals surface area contributed by atoms with Gasteiger partial charge < -0.3 is 4.57 Å². The smallest absolute Gasteiger partial charge is 0.0531 e. The first-order valence-electron chi connectivity index (χ1n) is 9.02. The molecule has 0 fully saturated rings. The van der Waals surface area contributed by atoms with E-state index in [9.17, 15) is 0 Å². The van der Waals surface area contributed by atoms with Crippen LogP contribution in [0.4, 0.5) is 0 Å². The van der Waals surface area contributed by atoms with Crippen LogP contribution in [0.2, 0.25) is 0 Å². The van der Waals surface area contributed by atoms with Crippen LogP contribution in [0.5, 0.6) is 0 Å². The van der Waals surface area contributed by atoms with Crippen LogP contribution in [0.1, 0.15) is 77.0 Å². The van der Waals surface area contributed by atoms with Crippen molar-refractivity contribution in [1.82, 2.24) is 4.57 Å². The lowest BCUT2D eigenvalue weighted by molar-refractivity contribution is 0.635. The predicted octanol–water partition coefficient (Wildman–Crippen LogP) is 7.01. The molecule has 0 bridgehead atoms. The monoisotopic (exact) mass is 307 g/mol. The summed E-state index contributed by atoms with van der Waals surface area (Å²) in [6.07, 6.45) is 1.19. The molecule has 1 heteroatoms. The summed E-state index contributed by atoms with van der Waals surface area (Å²) in [5.74, 6) is 1.14. The van der Waals surface area contributed by atoms with Crippen molar-refractivity contribution in [3.63, 3.8) is 0 Å². The summed E-state index contributed by atoms with van der Waals surface area (Å²) in [6, 6.07) is 14.0. The van der Waals surface area contributed by atoms with Crippen LogP contribution in [-0.4, -0.2) is 4.57 Å². The van der Waals surface area contributed by atoms with Crippen LogP contribution < -0.4 is 0 Å². The molecule has 0 spiro atoms. The van der Waals surface area contributed by atoms with Crippen LogP contribution in [0, 0.1) is 0 Å². The molecular formula is C22H29N. The van der Waals surface area contributed by atoms with E-state index >= 15 is 0 Å². The molecule has 1 atom stereocenters. The molecule has 1 nitrogen and oxygen atoms in total. The zero-order valence-electron chi connectivity index (χ0n) is 15.4. The SMILES string of the molecule is CCC(C)c1ccc2c3ccccc3n(C(C)C)c2c1C(C)C. The lowest BCUT2D eigenvalue weighted by Crippen LogP contribution is -2.07. The molecule has 3 rings (SSSR count). The van der Waals surface area contributed by atoms with Crippen molar-refractivity contribution >= 4 is 21.8 Å². The molecule has 23 heavy (non-hydrogen) atoms. The molecule has 0 amide bonds. The number of hydrogen-bond acceptors (Lipinski definition) is 0.